The van der Waals surface area contributed by atoms with Gasteiger partial charge in [0.25, 0.3) is 11.5 Å². The maximum atomic E-state index is 13.5. The molecule has 2 bridgehead atoms. The van der Waals surface area contributed by atoms with Crippen molar-refractivity contribution in [1.29, 1.82) is 0 Å². The molecule has 3 aromatic rings. The van der Waals surface area contributed by atoms with E-state index in [1.54, 1.807) is 18.3 Å². The third kappa shape index (κ3) is 4.99. The zero-order valence-electron chi connectivity index (χ0n) is 19.6. The first-order valence-electron chi connectivity index (χ1n) is 12.4. The van der Waals surface area contributed by atoms with E-state index in [2.05, 4.69) is 28.1 Å². The minimum absolute atomic E-state index is 0.119. The second kappa shape index (κ2) is 10.4. The second-order valence-corrected chi connectivity index (χ2v) is 9.27. The first-order valence-corrected chi connectivity index (χ1v) is 12.4. The molecule has 178 valence electrons. The molecule has 34 heavy (non-hydrogen) atoms. The van der Waals surface area contributed by atoms with Crippen molar-refractivity contribution in [3.8, 4) is 5.75 Å². The third-order valence-electron chi connectivity index (χ3n) is 7.04. The van der Waals surface area contributed by atoms with E-state index in [0.29, 0.717) is 37.8 Å². The molecule has 2 aromatic heterocycles. The van der Waals surface area contributed by atoms with Crippen molar-refractivity contribution in [2.75, 3.05) is 32.8 Å². The predicted octanol–water partition coefficient (Wildman–Crippen LogP) is 3.41. The third-order valence-corrected chi connectivity index (χ3v) is 7.04. The summed E-state index contributed by atoms with van der Waals surface area (Å²) in [5.41, 5.74) is 1.66. The van der Waals surface area contributed by atoms with E-state index in [1.807, 2.05) is 17.0 Å². The van der Waals surface area contributed by atoms with E-state index in [-0.39, 0.29) is 17.0 Å². The van der Waals surface area contributed by atoms with Crippen molar-refractivity contribution < 1.29 is 9.53 Å². The molecule has 5 rings (SSSR count). The Bertz CT molecular complexity index is 1210. The molecule has 1 fully saturated rings. The first-order chi connectivity index (χ1) is 16.7. The molecule has 0 N–H and O–H groups in total. The van der Waals surface area contributed by atoms with Crippen LogP contribution in [0.15, 0.2) is 59.7 Å². The molecular formula is C27H32N4O3. The maximum absolute atomic E-state index is 13.5. The number of pyridine rings is 1. The Balaban J connectivity index is 1.39. The lowest BCUT2D eigenvalue weighted by Crippen LogP contribution is -2.46. The fraction of sp³-hybridized carbons (Fsp3) is 0.444. The molecule has 0 spiro atoms. The molecule has 1 aromatic carbocycles. The van der Waals surface area contributed by atoms with Gasteiger partial charge in [-0.3, -0.25) is 18.9 Å². The number of piperidine rings is 1. The van der Waals surface area contributed by atoms with Crippen LogP contribution in [-0.4, -0.2) is 63.9 Å². The maximum Gasteiger partial charge on any atom is 0.270 e. The molecule has 0 aliphatic carbocycles. The average Bonchev–Trinajstić information content (AvgIpc) is 2.87. The number of fused-ring (bicyclic) bond motifs is 4. The van der Waals surface area contributed by atoms with Gasteiger partial charge in [0.15, 0.2) is 0 Å². The lowest BCUT2D eigenvalue weighted by atomic mass is 9.95. The van der Waals surface area contributed by atoms with Crippen LogP contribution in [0.2, 0.25) is 0 Å². The number of aryl methyl sites for hydroxylation is 1. The minimum atomic E-state index is -0.320. The van der Waals surface area contributed by atoms with Crippen LogP contribution in [0.5, 0.6) is 5.75 Å². The summed E-state index contributed by atoms with van der Waals surface area (Å²) in [6.45, 7) is 3.54. The van der Waals surface area contributed by atoms with Crippen LogP contribution in [0, 0.1) is 0 Å². The molecule has 2 aliphatic heterocycles. The summed E-state index contributed by atoms with van der Waals surface area (Å²) in [5, 5.41) is 0. The quantitative estimate of drug-likeness (QED) is 0.557. The predicted molar refractivity (Wildman–Crippen MR) is 131 cm³/mol. The van der Waals surface area contributed by atoms with Gasteiger partial charge in [0.1, 0.15) is 17.0 Å². The molecule has 0 radical (unpaired) electrons. The summed E-state index contributed by atoms with van der Waals surface area (Å²) in [5.74, 6) is 0.628. The fourth-order valence-electron chi connectivity index (χ4n) is 5.16. The number of hydrogen-bond acceptors (Lipinski definition) is 5. The summed E-state index contributed by atoms with van der Waals surface area (Å²) in [6.07, 6.45) is 9.56. The number of carbonyl (C=O) groups excluding carboxylic acids is 1. The smallest absolute Gasteiger partial charge is 0.270 e. The van der Waals surface area contributed by atoms with Crippen molar-refractivity contribution in [2.45, 2.75) is 44.6 Å². The van der Waals surface area contributed by atoms with E-state index in [4.69, 9.17) is 4.74 Å². The van der Waals surface area contributed by atoms with Crippen LogP contribution in [0.25, 0.3) is 5.65 Å². The highest BCUT2D eigenvalue weighted by molar-refractivity contribution is 5.93. The van der Waals surface area contributed by atoms with Crippen LogP contribution < -0.4 is 10.3 Å². The van der Waals surface area contributed by atoms with E-state index < -0.39 is 0 Å². The van der Waals surface area contributed by atoms with Crippen LogP contribution in [0.3, 0.4) is 0 Å². The van der Waals surface area contributed by atoms with E-state index in [0.717, 1.165) is 31.7 Å². The Hall–Kier alpha value is -3.19. The molecule has 7 heteroatoms. The minimum Gasteiger partial charge on any atom is -0.494 e. The van der Waals surface area contributed by atoms with Crippen molar-refractivity contribution in [1.82, 2.24) is 19.2 Å². The van der Waals surface area contributed by atoms with E-state index in [1.165, 1.54) is 35.4 Å². The lowest BCUT2D eigenvalue weighted by molar-refractivity contribution is 0.0680. The highest BCUT2D eigenvalue weighted by atomic mass is 16.5. The van der Waals surface area contributed by atoms with Crippen molar-refractivity contribution in [3.63, 3.8) is 0 Å². The Morgan fingerprint density at radius 2 is 1.91 bits per heavy atom. The van der Waals surface area contributed by atoms with Gasteiger partial charge >= 0.3 is 0 Å². The number of carbonyl (C=O) groups is 1. The Morgan fingerprint density at radius 1 is 0.971 bits per heavy atom. The Labute approximate surface area is 200 Å². The molecule has 1 saturated heterocycles. The van der Waals surface area contributed by atoms with Crippen LogP contribution in [0.4, 0.5) is 0 Å². The van der Waals surface area contributed by atoms with Gasteiger partial charge in [-0.25, -0.2) is 4.98 Å². The van der Waals surface area contributed by atoms with Gasteiger partial charge in [0.2, 0.25) is 0 Å². The standard InChI is InChI=1S/C27H32N4O3/c32-26(24-20-28-25-10-2-4-15-31(25)27(24)33)30-14-6-18-34-23-9-5-7-21(19-23)11-12-22-8-1-3-13-29(22)16-17-30/h2,4-5,7,9-10,15,19-20,22H,1,3,6,8,11-14,16-18H2. The highest BCUT2D eigenvalue weighted by Crippen LogP contribution is 2.23. The van der Waals surface area contributed by atoms with Gasteiger partial charge in [0, 0.05) is 38.1 Å². The zero-order valence-corrected chi connectivity index (χ0v) is 19.6. The number of hydrogen-bond donors (Lipinski definition) is 0. The largest absolute Gasteiger partial charge is 0.494 e. The number of benzene rings is 1. The summed E-state index contributed by atoms with van der Waals surface area (Å²) in [6, 6.07) is 14.3. The van der Waals surface area contributed by atoms with Gasteiger partial charge in [-0.1, -0.05) is 24.6 Å². The van der Waals surface area contributed by atoms with Gasteiger partial charge in [-0.2, -0.15) is 0 Å². The highest BCUT2D eigenvalue weighted by Gasteiger charge is 2.25. The van der Waals surface area contributed by atoms with E-state index in [9.17, 15) is 9.59 Å². The monoisotopic (exact) mass is 460 g/mol. The van der Waals surface area contributed by atoms with Crippen LogP contribution >= 0.6 is 0 Å². The molecule has 2 aliphatic rings. The molecule has 0 saturated carbocycles. The van der Waals surface area contributed by atoms with Crippen molar-refractivity contribution >= 4 is 11.6 Å². The number of nitrogens with zero attached hydrogens (tertiary/aromatic N) is 4. The lowest BCUT2D eigenvalue weighted by Gasteiger charge is -2.37. The van der Waals surface area contributed by atoms with Gasteiger partial charge < -0.3 is 9.64 Å². The summed E-state index contributed by atoms with van der Waals surface area (Å²) in [7, 11) is 0. The van der Waals surface area contributed by atoms with Gasteiger partial charge in [-0.05, 0) is 68.5 Å². The van der Waals surface area contributed by atoms with Gasteiger partial charge in [-0.15, -0.1) is 0 Å². The number of aromatic nitrogens is 2. The molecular weight excluding hydrogens is 428 g/mol. The SMILES string of the molecule is O=C(c1cnc2ccccn2c1=O)N1CCCOc2cccc(c2)CCC2CCCCN2CC1. The molecule has 4 heterocycles. The number of amides is 1. The molecule has 1 unspecified atom stereocenters. The van der Waals surface area contributed by atoms with Crippen molar-refractivity contribution in [3.05, 3.63) is 76.3 Å². The topological polar surface area (TPSA) is 67.2 Å². The van der Waals surface area contributed by atoms with Crippen molar-refractivity contribution in [2.24, 2.45) is 0 Å². The summed E-state index contributed by atoms with van der Waals surface area (Å²) < 4.78 is 7.43. The van der Waals surface area contributed by atoms with Crippen LogP contribution in [0.1, 0.15) is 48.0 Å². The molecule has 1 amide bonds. The normalized spacial score (nSPS) is 20.2. The Morgan fingerprint density at radius 3 is 2.85 bits per heavy atom. The number of rotatable bonds is 1. The Kier molecular flexibility index (Phi) is 6.90. The molecule has 7 nitrogen and oxygen atoms in total. The van der Waals surface area contributed by atoms with Gasteiger partial charge in [0.05, 0.1) is 6.61 Å². The zero-order chi connectivity index (χ0) is 23.3. The van der Waals surface area contributed by atoms with Crippen LogP contribution in [-0.2, 0) is 6.42 Å². The summed E-state index contributed by atoms with van der Waals surface area (Å²) in [4.78, 5) is 35.3. The average molecular weight is 461 g/mol. The second-order valence-electron chi connectivity index (χ2n) is 9.27. The first kappa shape index (κ1) is 22.6. The van der Waals surface area contributed by atoms with E-state index >= 15 is 0 Å². The number of ether oxygens (including phenoxy) is 1. The molecule has 1 atom stereocenters. The summed E-state index contributed by atoms with van der Waals surface area (Å²) >= 11 is 0. The fourth-order valence-corrected chi connectivity index (χ4v) is 5.16.